The zero-order chi connectivity index (χ0) is 20.1. The Morgan fingerprint density at radius 2 is 1.74 bits per heavy atom. The van der Waals surface area contributed by atoms with Crippen LogP contribution in [0.5, 0.6) is 0 Å². The molecule has 3 N–H and O–H groups in total. The standard InChI is InChI=1S/C19H24N4O4/c1-11(2)10-23-13(4)16(9-20-23)18(25)22-15-7-5-14(6-8-15)17(24)21-12(3)19(26)27/h5-9,11-12H,10H2,1-4H3,(H,21,24)(H,22,25)(H,26,27). The number of carboxylic acids is 1. The summed E-state index contributed by atoms with van der Waals surface area (Å²) in [5.74, 6) is -1.46. The van der Waals surface area contributed by atoms with Gasteiger partial charge in [0.1, 0.15) is 6.04 Å². The first-order valence-corrected chi connectivity index (χ1v) is 8.66. The first-order chi connectivity index (χ1) is 12.7. The average Bonchev–Trinajstić information content (AvgIpc) is 2.95. The van der Waals surface area contributed by atoms with Gasteiger partial charge in [0.2, 0.25) is 0 Å². The van der Waals surface area contributed by atoms with E-state index in [1.54, 1.807) is 23.0 Å². The molecule has 0 aliphatic heterocycles. The van der Waals surface area contributed by atoms with Gasteiger partial charge in [-0.2, -0.15) is 5.10 Å². The second kappa shape index (κ2) is 8.48. The highest BCUT2D eigenvalue weighted by molar-refractivity contribution is 6.05. The molecule has 2 rings (SSSR count). The van der Waals surface area contributed by atoms with Crippen LogP contribution >= 0.6 is 0 Å². The van der Waals surface area contributed by atoms with Gasteiger partial charge in [-0.25, -0.2) is 0 Å². The molecule has 2 aromatic rings. The summed E-state index contributed by atoms with van der Waals surface area (Å²) in [5.41, 5.74) is 2.12. The maximum Gasteiger partial charge on any atom is 0.325 e. The molecule has 0 spiro atoms. The number of hydrogen-bond acceptors (Lipinski definition) is 4. The third-order valence-corrected chi connectivity index (χ3v) is 4.01. The van der Waals surface area contributed by atoms with Crippen LogP contribution in [0.2, 0.25) is 0 Å². The SMILES string of the molecule is Cc1c(C(=O)Nc2ccc(C(=O)NC(C)C(=O)O)cc2)cnn1CC(C)C. The third kappa shape index (κ3) is 5.16. The number of rotatable bonds is 7. The Labute approximate surface area is 157 Å². The van der Waals surface area contributed by atoms with Gasteiger partial charge in [-0.3, -0.25) is 19.1 Å². The van der Waals surface area contributed by atoms with E-state index in [0.29, 0.717) is 22.7 Å². The van der Waals surface area contributed by atoms with Gasteiger partial charge < -0.3 is 15.7 Å². The Balaban J connectivity index is 2.04. The highest BCUT2D eigenvalue weighted by atomic mass is 16.4. The summed E-state index contributed by atoms with van der Waals surface area (Å²) in [6.07, 6.45) is 1.54. The largest absolute Gasteiger partial charge is 0.480 e. The number of hydrogen-bond donors (Lipinski definition) is 3. The molecule has 144 valence electrons. The fourth-order valence-electron chi connectivity index (χ4n) is 2.44. The number of carboxylic acid groups (broad SMARTS) is 1. The Kier molecular flexibility index (Phi) is 6.33. The van der Waals surface area contributed by atoms with Crippen molar-refractivity contribution < 1.29 is 19.5 Å². The van der Waals surface area contributed by atoms with E-state index >= 15 is 0 Å². The van der Waals surface area contributed by atoms with Crippen molar-refractivity contribution in [2.45, 2.75) is 40.3 Å². The fourth-order valence-corrected chi connectivity index (χ4v) is 2.44. The molecule has 0 aliphatic rings. The van der Waals surface area contributed by atoms with Gasteiger partial charge in [0.15, 0.2) is 0 Å². The summed E-state index contributed by atoms with van der Waals surface area (Å²) in [6, 6.07) is 5.24. The zero-order valence-electron chi connectivity index (χ0n) is 15.8. The molecule has 0 saturated heterocycles. The van der Waals surface area contributed by atoms with Gasteiger partial charge in [-0.05, 0) is 44.0 Å². The second-order valence-electron chi connectivity index (χ2n) is 6.78. The molecule has 2 amide bonds. The lowest BCUT2D eigenvalue weighted by molar-refractivity contribution is -0.138. The van der Waals surface area contributed by atoms with Crippen LogP contribution in [0.4, 0.5) is 5.69 Å². The molecule has 1 aromatic heterocycles. The number of nitrogens with one attached hydrogen (secondary N) is 2. The van der Waals surface area contributed by atoms with Gasteiger partial charge in [0.05, 0.1) is 11.8 Å². The van der Waals surface area contributed by atoms with Crippen LogP contribution in [0.25, 0.3) is 0 Å². The summed E-state index contributed by atoms with van der Waals surface area (Å²) < 4.78 is 1.80. The number of carbonyl (C=O) groups is 3. The van der Waals surface area contributed by atoms with E-state index in [-0.39, 0.29) is 5.91 Å². The van der Waals surface area contributed by atoms with E-state index in [0.717, 1.165) is 12.2 Å². The molecule has 8 nitrogen and oxygen atoms in total. The number of aromatic nitrogens is 2. The van der Waals surface area contributed by atoms with E-state index in [1.807, 2.05) is 6.92 Å². The molecular weight excluding hydrogens is 348 g/mol. The van der Waals surface area contributed by atoms with Crippen LogP contribution in [0.15, 0.2) is 30.5 Å². The van der Waals surface area contributed by atoms with Gasteiger partial charge >= 0.3 is 5.97 Å². The average molecular weight is 372 g/mol. The van der Waals surface area contributed by atoms with Crippen molar-refractivity contribution in [1.82, 2.24) is 15.1 Å². The summed E-state index contributed by atoms with van der Waals surface area (Å²) in [4.78, 5) is 35.2. The van der Waals surface area contributed by atoms with Crippen LogP contribution in [0, 0.1) is 12.8 Å². The number of nitrogens with zero attached hydrogens (tertiary/aromatic N) is 2. The van der Waals surface area contributed by atoms with E-state index in [4.69, 9.17) is 5.11 Å². The van der Waals surface area contributed by atoms with Crippen molar-refractivity contribution in [3.63, 3.8) is 0 Å². The second-order valence-corrected chi connectivity index (χ2v) is 6.78. The van der Waals surface area contributed by atoms with E-state index in [9.17, 15) is 14.4 Å². The topological polar surface area (TPSA) is 113 Å². The molecule has 1 aromatic carbocycles. The van der Waals surface area contributed by atoms with Gasteiger partial charge in [-0.1, -0.05) is 13.8 Å². The molecule has 0 fully saturated rings. The molecule has 1 unspecified atom stereocenters. The van der Waals surface area contributed by atoms with Gasteiger partial charge in [-0.15, -0.1) is 0 Å². The summed E-state index contributed by atoms with van der Waals surface area (Å²) in [7, 11) is 0. The third-order valence-electron chi connectivity index (χ3n) is 4.01. The van der Waals surface area contributed by atoms with Crippen LogP contribution in [-0.4, -0.2) is 38.7 Å². The zero-order valence-corrected chi connectivity index (χ0v) is 15.8. The minimum atomic E-state index is -1.11. The number of carbonyl (C=O) groups excluding carboxylic acids is 2. The lowest BCUT2D eigenvalue weighted by atomic mass is 10.1. The number of amides is 2. The molecule has 1 heterocycles. The molecule has 0 bridgehead atoms. The predicted molar refractivity (Wildman–Crippen MR) is 101 cm³/mol. The van der Waals surface area contributed by atoms with Crippen LogP contribution in [0.3, 0.4) is 0 Å². The molecule has 27 heavy (non-hydrogen) atoms. The number of benzene rings is 1. The van der Waals surface area contributed by atoms with Gasteiger partial charge in [0.25, 0.3) is 11.8 Å². The van der Waals surface area contributed by atoms with Crippen LogP contribution in [0.1, 0.15) is 47.2 Å². The molecule has 0 aliphatic carbocycles. The van der Waals surface area contributed by atoms with Crippen LogP contribution in [-0.2, 0) is 11.3 Å². The molecule has 8 heteroatoms. The maximum atomic E-state index is 12.5. The lowest BCUT2D eigenvalue weighted by Gasteiger charge is -2.10. The Bertz CT molecular complexity index is 840. The molecule has 1 atom stereocenters. The fraction of sp³-hybridized carbons (Fsp3) is 0.368. The minimum Gasteiger partial charge on any atom is -0.480 e. The first kappa shape index (κ1) is 20.2. The Hall–Kier alpha value is -3.16. The summed E-state index contributed by atoms with van der Waals surface area (Å²) in [5, 5.41) is 18.2. The highest BCUT2D eigenvalue weighted by Crippen LogP contribution is 2.14. The first-order valence-electron chi connectivity index (χ1n) is 8.66. The van der Waals surface area contributed by atoms with E-state index < -0.39 is 17.9 Å². The lowest BCUT2D eigenvalue weighted by Crippen LogP contribution is -2.38. The minimum absolute atomic E-state index is 0.279. The smallest absolute Gasteiger partial charge is 0.325 e. The van der Waals surface area contributed by atoms with Crippen molar-refractivity contribution in [1.29, 1.82) is 0 Å². The summed E-state index contributed by atoms with van der Waals surface area (Å²) >= 11 is 0. The van der Waals surface area contributed by atoms with Crippen molar-refractivity contribution in [2.75, 3.05) is 5.32 Å². The number of anilines is 1. The molecule has 0 radical (unpaired) electrons. The van der Waals surface area contributed by atoms with Crippen molar-refractivity contribution in [3.05, 3.63) is 47.3 Å². The Morgan fingerprint density at radius 1 is 1.11 bits per heavy atom. The van der Waals surface area contributed by atoms with E-state index in [1.165, 1.54) is 19.1 Å². The quantitative estimate of drug-likeness (QED) is 0.690. The summed E-state index contributed by atoms with van der Waals surface area (Å²) in [6.45, 7) is 8.13. The normalized spacial score (nSPS) is 11.9. The van der Waals surface area contributed by atoms with E-state index in [2.05, 4.69) is 29.6 Å². The van der Waals surface area contributed by atoms with Crippen molar-refractivity contribution in [3.8, 4) is 0 Å². The van der Waals surface area contributed by atoms with Gasteiger partial charge in [0, 0.05) is 23.5 Å². The van der Waals surface area contributed by atoms with Crippen molar-refractivity contribution in [2.24, 2.45) is 5.92 Å². The monoisotopic (exact) mass is 372 g/mol. The van der Waals surface area contributed by atoms with Crippen LogP contribution < -0.4 is 10.6 Å². The highest BCUT2D eigenvalue weighted by Gasteiger charge is 2.17. The predicted octanol–water partition coefficient (Wildman–Crippen LogP) is 2.30. The maximum absolute atomic E-state index is 12.5. The molecular formula is C19H24N4O4. The molecule has 0 saturated carbocycles. The number of aliphatic carboxylic acids is 1. The van der Waals surface area contributed by atoms with Crippen molar-refractivity contribution >= 4 is 23.5 Å². The Morgan fingerprint density at radius 3 is 2.30 bits per heavy atom.